The second kappa shape index (κ2) is 12.6. The fourth-order valence-corrected chi connectivity index (χ4v) is 8.46. The lowest BCUT2D eigenvalue weighted by molar-refractivity contribution is 1.18. The molecule has 2 aromatic heterocycles. The highest BCUT2D eigenvalue weighted by Gasteiger charge is 2.18. The zero-order chi connectivity index (χ0) is 36.3. The van der Waals surface area contributed by atoms with Crippen LogP contribution in [0.3, 0.4) is 0 Å². The first kappa shape index (κ1) is 31.2. The average Bonchev–Trinajstić information content (AvgIpc) is 3.60. The monoisotopic (exact) mass is 699 g/mol. The molecule has 0 N–H and O–H groups in total. The molecule has 0 bridgehead atoms. The number of fused-ring (bicyclic) bond motifs is 9. The molecule has 0 unspecified atom stereocenters. The van der Waals surface area contributed by atoms with Crippen LogP contribution in [-0.4, -0.2) is 14.5 Å². The first-order chi connectivity index (χ1) is 27.3. The number of hydrogen-bond acceptors (Lipinski definition) is 2. The Bertz CT molecular complexity index is 3180. The molecule has 0 amide bonds. The van der Waals surface area contributed by atoms with E-state index in [-0.39, 0.29) is 0 Å². The van der Waals surface area contributed by atoms with Gasteiger partial charge < -0.3 is 4.57 Å². The molecule has 0 radical (unpaired) electrons. The molecule has 256 valence electrons. The molecule has 0 aliphatic rings. The molecular weight excluding hydrogens is 667 g/mol. The largest absolute Gasteiger partial charge is 0.309 e. The maximum absolute atomic E-state index is 5.29. The number of para-hydroxylation sites is 2. The zero-order valence-corrected chi connectivity index (χ0v) is 29.9. The second-order valence-corrected chi connectivity index (χ2v) is 14.1. The smallest absolute Gasteiger partial charge is 0.160 e. The summed E-state index contributed by atoms with van der Waals surface area (Å²) in [6.07, 6.45) is 0. The van der Waals surface area contributed by atoms with Crippen LogP contribution in [0.25, 0.3) is 105 Å². The highest BCUT2D eigenvalue weighted by molar-refractivity contribution is 6.29. The molecular formula is C52H33N3. The maximum Gasteiger partial charge on any atom is 0.160 e. The Morgan fingerprint density at radius 2 is 0.855 bits per heavy atom. The van der Waals surface area contributed by atoms with Crippen LogP contribution < -0.4 is 0 Å². The van der Waals surface area contributed by atoms with Crippen LogP contribution >= 0.6 is 0 Å². The van der Waals surface area contributed by atoms with Gasteiger partial charge in [-0.15, -0.1) is 0 Å². The number of rotatable bonds is 5. The first-order valence-electron chi connectivity index (χ1n) is 18.7. The SMILES string of the molecule is c1ccc(-c2cc(-c3cccc4c5ccccc5c5ccc(-c6ccc7c(c6)c6ccccc6n7-c6ccccc6)cc5c34)nc(-c3ccccc3)n2)cc1. The van der Waals surface area contributed by atoms with Crippen LogP contribution in [0, 0.1) is 0 Å². The van der Waals surface area contributed by atoms with Crippen molar-refractivity contribution in [3.63, 3.8) is 0 Å². The van der Waals surface area contributed by atoms with Gasteiger partial charge in [-0.05, 0) is 85.9 Å². The van der Waals surface area contributed by atoms with Crippen molar-refractivity contribution in [3.05, 3.63) is 200 Å². The minimum Gasteiger partial charge on any atom is -0.309 e. The Labute approximate surface area is 318 Å². The molecule has 11 aromatic rings. The van der Waals surface area contributed by atoms with Gasteiger partial charge >= 0.3 is 0 Å². The molecule has 3 nitrogen and oxygen atoms in total. The molecule has 0 aliphatic heterocycles. The average molecular weight is 700 g/mol. The van der Waals surface area contributed by atoms with Crippen LogP contribution in [0.5, 0.6) is 0 Å². The van der Waals surface area contributed by atoms with Crippen LogP contribution in [0.15, 0.2) is 200 Å². The quantitative estimate of drug-likeness (QED) is 0.167. The third-order valence-electron chi connectivity index (χ3n) is 11.0. The summed E-state index contributed by atoms with van der Waals surface area (Å²) in [5.41, 5.74) is 10.9. The molecule has 0 aliphatic carbocycles. The van der Waals surface area contributed by atoms with Crippen molar-refractivity contribution in [1.82, 2.24) is 14.5 Å². The summed E-state index contributed by atoms with van der Waals surface area (Å²) in [4.78, 5) is 10.4. The Balaban J connectivity index is 1.18. The van der Waals surface area contributed by atoms with Crippen molar-refractivity contribution < 1.29 is 0 Å². The van der Waals surface area contributed by atoms with E-state index < -0.39 is 0 Å². The molecule has 55 heavy (non-hydrogen) atoms. The fraction of sp³-hybridized carbons (Fsp3) is 0. The van der Waals surface area contributed by atoms with Crippen LogP contribution in [-0.2, 0) is 0 Å². The minimum absolute atomic E-state index is 0.711. The van der Waals surface area contributed by atoms with E-state index in [1.54, 1.807) is 0 Å². The zero-order valence-electron chi connectivity index (χ0n) is 29.9. The van der Waals surface area contributed by atoms with Gasteiger partial charge in [0.2, 0.25) is 0 Å². The Morgan fingerprint density at radius 1 is 0.309 bits per heavy atom. The molecule has 2 heterocycles. The molecule has 9 aromatic carbocycles. The topological polar surface area (TPSA) is 30.7 Å². The Hall–Kier alpha value is -7.36. The van der Waals surface area contributed by atoms with Gasteiger partial charge in [0.05, 0.1) is 22.4 Å². The minimum atomic E-state index is 0.711. The van der Waals surface area contributed by atoms with E-state index in [0.29, 0.717) is 5.82 Å². The van der Waals surface area contributed by atoms with Gasteiger partial charge in [0, 0.05) is 33.2 Å². The lowest BCUT2D eigenvalue weighted by Crippen LogP contribution is -1.97. The van der Waals surface area contributed by atoms with Gasteiger partial charge in [0.25, 0.3) is 0 Å². The van der Waals surface area contributed by atoms with E-state index in [0.717, 1.165) is 33.8 Å². The standard InChI is InChI=1S/C52H33N3/c1-4-15-34(16-5-1)47-33-48(54-52(53-47)35-17-6-2-7-18-35)44-25-14-24-43-40-22-11-10-21-39(40)41-29-27-36(32-46(41)51(43)44)37-28-30-50-45(31-37)42-23-12-13-26-49(42)55(50)38-19-8-3-9-20-38/h1-33H. The Morgan fingerprint density at radius 3 is 1.62 bits per heavy atom. The Kier molecular flexibility index (Phi) is 7.17. The molecule has 0 saturated heterocycles. The lowest BCUT2D eigenvalue weighted by atomic mass is 9.89. The number of nitrogens with zero attached hydrogens (tertiary/aromatic N) is 3. The van der Waals surface area contributed by atoms with Gasteiger partial charge in [-0.3, -0.25) is 0 Å². The third kappa shape index (κ3) is 5.13. The lowest BCUT2D eigenvalue weighted by Gasteiger charge is -2.16. The summed E-state index contributed by atoms with van der Waals surface area (Å²) in [6, 6.07) is 71.5. The van der Waals surface area contributed by atoms with Crippen molar-refractivity contribution in [2.24, 2.45) is 0 Å². The van der Waals surface area contributed by atoms with E-state index in [2.05, 4.69) is 180 Å². The summed E-state index contributed by atoms with van der Waals surface area (Å²) in [6.45, 7) is 0. The molecule has 0 spiro atoms. The third-order valence-corrected chi connectivity index (χ3v) is 11.0. The van der Waals surface area contributed by atoms with Crippen LogP contribution in [0.2, 0.25) is 0 Å². The fourth-order valence-electron chi connectivity index (χ4n) is 8.46. The van der Waals surface area contributed by atoms with E-state index >= 15 is 0 Å². The normalized spacial score (nSPS) is 11.6. The van der Waals surface area contributed by atoms with Crippen LogP contribution in [0.1, 0.15) is 0 Å². The van der Waals surface area contributed by atoms with Crippen molar-refractivity contribution in [2.45, 2.75) is 0 Å². The number of hydrogen-bond donors (Lipinski definition) is 0. The van der Waals surface area contributed by atoms with Crippen LogP contribution in [0.4, 0.5) is 0 Å². The van der Waals surface area contributed by atoms with Gasteiger partial charge in [0.15, 0.2) is 5.82 Å². The summed E-state index contributed by atoms with van der Waals surface area (Å²) >= 11 is 0. The van der Waals surface area contributed by atoms with E-state index in [4.69, 9.17) is 9.97 Å². The van der Waals surface area contributed by atoms with Gasteiger partial charge in [0.1, 0.15) is 0 Å². The summed E-state index contributed by atoms with van der Waals surface area (Å²) in [7, 11) is 0. The summed E-state index contributed by atoms with van der Waals surface area (Å²) in [5, 5.41) is 9.79. The molecule has 0 fully saturated rings. The molecule has 11 rings (SSSR count). The predicted octanol–water partition coefficient (Wildman–Crippen LogP) is 13.7. The summed E-state index contributed by atoms with van der Waals surface area (Å²) < 4.78 is 2.37. The number of aromatic nitrogens is 3. The van der Waals surface area contributed by atoms with Gasteiger partial charge in [-0.25, -0.2) is 9.97 Å². The van der Waals surface area contributed by atoms with Crippen molar-refractivity contribution in [1.29, 1.82) is 0 Å². The van der Waals surface area contributed by atoms with E-state index in [1.165, 1.54) is 65.3 Å². The highest BCUT2D eigenvalue weighted by atomic mass is 15.0. The second-order valence-electron chi connectivity index (χ2n) is 14.1. The molecule has 3 heteroatoms. The van der Waals surface area contributed by atoms with Crippen molar-refractivity contribution in [2.75, 3.05) is 0 Å². The van der Waals surface area contributed by atoms with Gasteiger partial charge in [-0.2, -0.15) is 0 Å². The highest BCUT2D eigenvalue weighted by Crippen LogP contribution is 2.43. The first-order valence-corrected chi connectivity index (χ1v) is 18.7. The molecule has 0 saturated carbocycles. The maximum atomic E-state index is 5.29. The number of benzene rings is 9. The van der Waals surface area contributed by atoms with E-state index in [1.807, 2.05) is 24.3 Å². The predicted molar refractivity (Wildman–Crippen MR) is 231 cm³/mol. The van der Waals surface area contributed by atoms with Gasteiger partial charge in [-0.1, -0.05) is 158 Å². The molecule has 0 atom stereocenters. The van der Waals surface area contributed by atoms with Crippen molar-refractivity contribution >= 4 is 54.1 Å². The summed E-state index contributed by atoms with van der Waals surface area (Å²) in [5.74, 6) is 0.711. The van der Waals surface area contributed by atoms with Crippen molar-refractivity contribution in [3.8, 4) is 50.7 Å². The van der Waals surface area contributed by atoms with E-state index in [9.17, 15) is 0 Å².